The Bertz CT molecular complexity index is 521. The van der Waals surface area contributed by atoms with Crippen LogP contribution in [0.2, 0.25) is 0 Å². The number of likely N-dealkylation sites (N-methyl/N-ethyl adjacent to an activating group) is 1. The van der Waals surface area contributed by atoms with E-state index in [1.165, 1.54) is 13.1 Å². The Balaban J connectivity index is 1.75. The molecule has 0 saturated carbocycles. The Hall–Kier alpha value is -1.18. The fraction of sp³-hybridized carbons (Fsp3) is 0.778. The van der Waals surface area contributed by atoms with Gasteiger partial charge in [-0.05, 0) is 27.3 Å². The third kappa shape index (κ3) is 6.92. The van der Waals surface area contributed by atoms with E-state index in [1.807, 2.05) is 0 Å². The summed E-state index contributed by atoms with van der Waals surface area (Å²) in [6, 6.07) is 0.482. The van der Waals surface area contributed by atoms with Gasteiger partial charge in [-0.25, -0.2) is 4.98 Å². The van der Waals surface area contributed by atoms with Gasteiger partial charge in [-0.2, -0.15) is 0 Å². The average molecular weight is 367 g/mol. The fourth-order valence-electron chi connectivity index (χ4n) is 3.03. The Morgan fingerprint density at radius 1 is 1.28 bits per heavy atom. The maximum atomic E-state index is 4.79. The topological polar surface area (TPSA) is 55.8 Å². The number of aromatic nitrogens is 1. The molecule has 0 radical (unpaired) electrons. The minimum atomic E-state index is 0.482. The molecule has 142 valence electrons. The van der Waals surface area contributed by atoms with Gasteiger partial charge in [0.2, 0.25) is 0 Å². The summed E-state index contributed by atoms with van der Waals surface area (Å²) in [4.78, 5) is 14.4. The highest BCUT2D eigenvalue weighted by Crippen LogP contribution is 2.08. The number of rotatable bonds is 8. The lowest BCUT2D eigenvalue weighted by molar-refractivity contribution is 0.109. The lowest BCUT2D eigenvalue weighted by Crippen LogP contribution is -2.50. The molecule has 1 aliphatic rings. The number of hydrogen-bond donors (Lipinski definition) is 2. The summed E-state index contributed by atoms with van der Waals surface area (Å²) < 4.78 is 0. The predicted octanol–water partition coefficient (Wildman–Crippen LogP) is 1.58. The van der Waals surface area contributed by atoms with Crippen LogP contribution in [-0.4, -0.2) is 79.1 Å². The van der Waals surface area contributed by atoms with Crippen LogP contribution >= 0.6 is 11.3 Å². The van der Waals surface area contributed by atoms with Gasteiger partial charge in [-0.1, -0.05) is 6.92 Å². The molecule has 1 atom stereocenters. The van der Waals surface area contributed by atoms with Gasteiger partial charge in [-0.15, -0.1) is 11.3 Å². The summed E-state index contributed by atoms with van der Waals surface area (Å²) in [7, 11) is 0. The zero-order valence-electron chi connectivity index (χ0n) is 16.2. The zero-order valence-corrected chi connectivity index (χ0v) is 17.0. The number of nitrogens with zero attached hydrogens (tertiary/aromatic N) is 4. The molecule has 1 fully saturated rings. The Kier molecular flexibility index (Phi) is 8.64. The SMILES string of the molecule is CCNC(=NCC(C)N1CCN(CC)CC1)NCCc1csc(C)n1. The number of aryl methyl sites for hydroxylation is 1. The molecule has 1 aromatic rings. The van der Waals surface area contributed by atoms with Crippen LogP contribution in [0.15, 0.2) is 10.4 Å². The van der Waals surface area contributed by atoms with Gasteiger partial charge in [0.15, 0.2) is 5.96 Å². The maximum Gasteiger partial charge on any atom is 0.191 e. The van der Waals surface area contributed by atoms with E-state index in [9.17, 15) is 0 Å². The molecule has 2 rings (SSSR count). The van der Waals surface area contributed by atoms with Crippen molar-refractivity contribution in [3.8, 4) is 0 Å². The van der Waals surface area contributed by atoms with Gasteiger partial charge >= 0.3 is 0 Å². The van der Waals surface area contributed by atoms with E-state index in [4.69, 9.17) is 4.99 Å². The van der Waals surface area contributed by atoms with Crippen molar-refractivity contribution in [3.63, 3.8) is 0 Å². The summed E-state index contributed by atoms with van der Waals surface area (Å²) in [6.45, 7) is 17.1. The molecule has 1 aliphatic heterocycles. The maximum absolute atomic E-state index is 4.79. The lowest BCUT2D eigenvalue weighted by atomic mass is 10.2. The first-order valence-electron chi connectivity index (χ1n) is 9.52. The molecule has 0 aliphatic carbocycles. The highest BCUT2D eigenvalue weighted by atomic mass is 32.1. The number of aliphatic imine (C=N–C) groups is 1. The number of piperazine rings is 1. The van der Waals surface area contributed by atoms with Gasteiger partial charge in [0, 0.05) is 57.1 Å². The summed E-state index contributed by atoms with van der Waals surface area (Å²) in [6.07, 6.45) is 0.934. The van der Waals surface area contributed by atoms with Crippen molar-refractivity contribution in [2.24, 2.45) is 4.99 Å². The molecule has 0 bridgehead atoms. The molecule has 1 aromatic heterocycles. The van der Waals surface area contributed by atoms with Crippen LogP contribution in [0.4, 0.5) is 0 Å². The number of guanidine groups is 1. The van der Waals surface area contributed by atoms with E-state index in [1.54, 1.807) is 11.3 Å². The van der Waals surface area contributed by atoms with Crippen molar-refractivity contribution in [1.29, 1.82) is 0 Å². The van der Waals surface area contributed by atoms with Crippen molar-refractivity contribution < 1.29 is 0 Å². The van der Waals surface area contributed by atoms with E-state index in [0.717, 1.165) is 62.4 Å². The van der Waals surface area contributed by atoms with Crippen LogP contribution in [0.25, 0.3) is 0 Å². The first kappa shape index (κ1) is 20.1. The van der Waals surface area contributed by atoms with Crippen molar-refractivity contribution in [2.75, 3.05) is 52.4 Å². The average Bonchev–Trinajstić information content (AvgIpc) is 3.04. The first-order chi connectivity index (χ1) is 12.1. The monoisotopic (exact) mass is 366 g/mol. The third-order valence-corrected chi connectivity index (χ3v) is 5.50. The smallest absolute Gasteiger partial charge is 0.191 e. The zero-order chi connectivity index (χ0) is 18.1. The van der Waals surface area contributed by atoms with E-state index in [-0.39, 0.29) is 0 Å². The second-order valence-corrected chi connectivity index (χ2v) is 7.64. The standard InChI is InChI=1S/C18H34N6S/c1-5-19-18(20-8-7-17-14-25-16(4)22-17)21-13-15(3)24-11-9-23(6-2)10-12-24/h14-15H,5-13H2,1-4H3,(H2,19,20,21). The van der Waals surface area contributed by atoms with Crippen LogP contribution in [-0.2, 0) is 6.42 Å². The molecule has 0 aromatic carbocycles. The molecule has 7 heteroatoms. The highest BCUT2D eigenvalue weighted by Gasteiger charge is 2.19. The third-order valence-electron chi connectivity index (χ3n) is 4.68. The summed E-state index contributed by atoms with van der Waals surface area (Å²) in [5, 5.41) is 10.0. The van der Waals surface area contributed by atoms with Crippen molar-refractivity contribution in [3.05, 3.63) is 16.1 Å². The predicted molar refractivity (Wildman–Crippen MR) is 108 cm³/mol. The molecule has 6 nitrogen and oxygen atoms in total. The number of nitrogens with one attached hydrogen (secondary N) is 2. The molecule has 2 N–H and O–H groups in total. The lowest BCUT2D eigenvalue weighted by Gasteiger charge is -2.37. The molecular weight excluding hydrogens is 332 g/mol. The molecule has 2 heterocycles. The van der Waals surface area contributed by atoms with Crippen LogP contribution in [0.5, 0.6) is 0 Å². The van der Waals surface area contributed by atoms with Crippen LogP contribution < -0.4 is 10.6 Å². The van der Waals surface area contributed by atoms with Gasteiger partial charge in [0.25, 0.3) is 0 Å². The largest absolute Gasteiger partial charge is 0.357 e. The molecule has 1 unspecified atom stereocenters. The Morgan fingerprint density at radius 3 is 2.64 bits per heavy atom. The van der Waals surface area contributed by atoms with Crippen molar-refractivity contribution in [1.82, 2.24) is 25.4 Å². The van der Waals surface area contributed by atoms with Crippen molar-refractivity contribution >= 4 is 17.3 Å². The van der Waals surface area contributed by atoms with E-state index in [2.05, 4.69) is 58.5 Å². The minimum absolute atomic E-state index is 0.482. The van der Waals surface area contributed by atoms with E-state index < -0.39 is 0 Å². The highest BCUT2D eigenvalue weighted by molar-refractivity contribution is 7.09. The van der Waals surface area contributed by atoms with E-state index in [0.29, 0.717) is 6.04 Å². The number of thiazole rings is 1. The van der Waals surface area contributed by atoms with Crippen molar-refractivity contribution in [2.45, 2.75) is 40.2 Å². The Morgan fingerprint density at radius 2 is 2.04 bits per heavy atom. The molecule has 0 amide bonds. The molecule has 0 spiro atoms. The van der Waals surface area contributed by atoms with Crippen LogP contribution in [0.1, 0.15) is 31.5 Å². The summed E-state index contributed by atoms with van der Waals surface area (Å²) in [5.74, 6) is 0.911. The number of hydrogen-bond acceptors (Lipinski definition) is 5. The van der Waals surface area contributed by atoms with Gasteiger partial charge in [0.05, 0.1) is 17.2 Å². The van der Waals surface area contributed by atoms with Gasteiger partial charge in [-0.3, -0.25) is 9.89 Å². The van der Waals surface area contributed by atoms with Gasteiger partial charge < -0.3 is 15.5 Å². The fourth-order valence-corrected chi connectivity index (χ4v) is 3.68. The second-order valence-electron chi connectivity index (χ2n) is 6.57. The first-order valence-corrected chi connectivity index (χ1v) is 10.4. The quantitative estimate of drug-likeness (QED) is 0.540. The molecule has 25 heavy (non-hydrogen) atoms. The second kappa shape index (κ2) is 10.7. The van der Waals surface area contributed by atoms with Gasteiger partial charge in [0.1, 0.15) is 0 Å². The van der Waals surface area contributed by atoms with Crippen LogP contribution in [0, 0.1) is 6.92 Å². The normalized spacial score (nSPS) is 18.3. The van der Waals surface area contributed by atoms with Crippen LogP contribution in [0.3, 0.4) is 0 Å². The Labute approximate surface area is 156 Å². The molecule has 1 saturated heterocycles. The van der Waals surface area contributed by atoms with E-state index >= 15 is 0 Å². The molecular formula is C18H34N6S. The summed E-state index contributed by atoms with van der Waals surface area (Å²) in [5.41, 5.74) is 1.16. The summed E-state index contributed by atoms with van der Waals surface area (Å²) >= 11 is 1.71. The minimum Gasteiger partial charge on any atom is -0.357 e.